The molecule has 6 atom stereocenters. The number of hydrogen-bond donors (Lipinski definition) is 8. The van der Waals surface area contributed by atoms with E-state index < -0.39 is 55.2 Å². The lowest BCUT2D eigenvalue weighted by Crippen LogP contribution is -2.60. The number of likely N-dealkylation sites (N-methyl/N-ethyl adjacent to an activating group) is 6. The number of urea groups is 1. The number of rotatable bonds is 18. The molecule has 96 heavy (non-hydrogen) atoms. The van der Waals surface area contributed by atoms with Crippen LogP contribution in [0.4, 0.5) is 4.79 Å². The number of nitrogens with one attached hydrogen (secondary N) is 8. The lowest BCUT2D eigenvalue weighted by molar-refractivity contribution is -0.144. The Morgan fingerprint density at radius 3 is 1.01 bits per heavy atom. The first-order chi connectivity index (χ1) is 43.8. The number of thioether (sulfide) groups is 1. The number of carbonyl (C=O) groups is 13. The molecular weight excluding hydrogens is 1280 g/mol. The van der Waals surface area contributed by atoms with Gasteiger partial charge in [0.05, 0.1) is 69.0 Å². The number of Topliss-reactive ketones (excluding diaryl/α,β-unsaturated/α-hetero) is 6. The third-order valence-corrected chi connectivity index (χ3v) is 22.5. The average Bonchev–Trinajstić information content (AvgIpc) is 1.41. The van der Waals surface area contributed by atoms with Crippen molar-refractivity contribution in [3.8, 4) is 0 Å². The molecular formula is C65H118N14O15S2. The van der Waals surface area contributed by atoms with Gasteiger partial charge < -0.3 is 61.3 Å². The quantitative estimate of drug-likeness (QED) is 0.0921. The van der Waals surface area contributed by atoms with Crippen LogP contribution >= 0.6 is 11.8 Å². The van der Waals surface area contributed by atoms with Crippen LogP contribution in [0, 0.1) is 0 Å². The van der Waals surface area contributed by atoms with E-state index in [9.17, 15) is 70.7 Å². The topological polar surface area (TPSA) is 372 Å². The van der Waals surface area contributed by atoms with Crippen LogP contribution in [0.3, 0.4) is 0 Å². The third-order valence-electron chi connectivity index (χ3n) is 20.1. The number of sulfone groups is 1. The van der Waals surface area contributed by atoms with Crippen LogP contribution in [-0.4, -0.2) is 288 Å². The Hall–Kier alpha value is -5.83. The van der Waals surface area contributed by atoms with Crippen LogP contribution in [0.2, 0.25) is 0 Å². The average molecular weight is 1400 g/mol. The van der Waals surface area contributed by atoms with E-state index in [0.717, 1.165) is 69.9 Å². The minimum absolute atomic E-state index is 0.000185. The fraction of sp³-hybridized carbons (Fsp3) is 0.800. The summed E-state index contributed by atoms with van der Waals surface area (Å²) in [6, 6.07) is -2.22. The van der Waals surface area contributed by atoms with E-state index in [0.29, 0.717) is 19.5 Å². The van der Waals surface area contributed by atoms with Crippen LogP contribution in [0.25, 0.3) is 0 Å². The van der Waals surface area contributed by atoms with Crippen LogP contribution < -0.4 is 42.5 Å². The van der Waals surface area contributed by atoms with Crippen LogP contribution in [0.15, 0.2) is 0 Å². The van der Waals surface area contributed by atoms with Crippen molar-refractivity contribution in [3.63, 3.8) is 0 Å². The molecule has 0 radical (unpaired) electrons. The van der Waals surface area contributed by atoms with Crippen molar-refractivity contribution >= 4 is 97.8 Å². The molecule has 6 unspecified atom stereocenters. The minimum Gasteiger partial charge on any atom is -0.338 e. The molecule has 0 aromatic heterocycles. The molecule has 6 saturated heterocycles. The normalized spacial score (nSPS) is 21.6. The van der Waals surface area contributed by atoms with Gasteiger partial charge in [0, 0.05) is 80.1 Å². The maximum absolute atomic E-state index is 12.2. The molecule has 29 nitrogen and oxygen atoms in total. The van der Waals surface area contributed by atoms with Gasteiger partial charge >= 0.3 is 6.03 Å². The maximum Gasteiger partial charge on any atom is 0.315 e. The summed E-state index contributed by atoms with van der Waals surface area (Å²) >= 11 is 1.70. The van der Waals surface area contributed by atoms with Gasteiger partial charge in [-0.05, 0) is 170 Å². The smallest absolute Gasteiger partial charge is 0.315 e. The molecule has 550 valence electrons. The second-order valence-electron chi connectivity index (χ2n) is 28.3. The molecule has 8 amide bonds. The lowest BCUT2D eigenvalue weighted by atomic mass is 9.96. The van der Waals surface area contributed by atoms with E-state index in [1.54, 1.807) is 145 Å². The highest BCUT2D eigenvalue weighted by Gasteiger charge is 2.43. The number of piperazine rings is 1. The van der Waals surface area contributed by atoms with Gasteiger partial charge in [-0.15, -0.1) is 11.8 Å². The monoisotopic (exact) mass is 1400 g/mol. The van der Waals surface area contributed by atoms with E-state index in [1.807, 2.05) is 0 Å². The molecule has 0 bridgehead atoms. The first kappa shape index (κ1) is 88.2. The first-order valence-electron chi connectivity index (χ1n) is 32.8. The maximum atomic E-state index is 12.2. The molecule has 0 aromatic rings. The van der Waals surface area contributed by atoms with Gasteiger partial charge in [-0.3, -0.25) is 68.2 Å². The van der Waals surface area contributed by atoms with Crippen molar-refractivity contribution in [1.82, 2.24) is 71.9 Å². The van der Waals surface area contributed by atoms with Crippen molar-refractivity contribution in [3.05, 3.63) is 0 Å². The summed E-state index contributed by atoms with van der Waals surface area (Å²) in [6.45, 7) is 34.3. The van der Waals surface area contributed by atoms with Crippen molar-refractivity contribution in [2.75, 3.05) is 105 Å². The molecule has 0 aliphatic carbocycles. The Bertz CT molecular complexity index is 2760. The molecule has 8 N–H and O–H groups in total. The zero-order chi connectivity index (χ0) is 74.6. The van der Waals surface area contributed by atoms with Crippen molar-refractivity contribution < 1.29 is 70.7 Å². The Balaban J connectivity index is 0.000000576. The highest BCUT2D eigenvalue weighted by molar-refractivity contribution is 7.99. The molecule has 6 aliphatic heterocycles. The fourth-order valence-corrected chi connectivity index (χ4v) is 11.6. The summed E-state index contributed by atoms with van der Waals surface area (Å²) in [5.41, 5.74) is -4.66. The molecule has 0 saturated carbocycles. The van der Waals surface area contributed by atoms with Crippen LogP contribution in [-0.2, 0) is 67.4 Å². The number of hydrogen-bond acceptors (Lipinski definition) is 22. The van der Waals surface area contributed by atoms with Crippen molar-refractivity contribution in [2.24, 2.45) is 0 Å². The molecule has 31 heteroatoms. The second-order valence-corrected chi connectivity index (χ2v) is 31.4. The molecule has 0 aromatic carbocycles. The Labute approximate surface area is 575 Å². The number of nitrogens with zero attached hydrogens (tertiary/aromatic N) is 6. The number of ketones is 6. The van der Waals surface area contributed by atoms with E-state index >= 15 is 0 Å². The number of amides is 8. The molecule has 6 heterocycles. The lowest BCUT2D eigenvalue weighted by Gasteiger charge is -2.37. The first-order valence-corrected chi connectivity index (χ1v) is 35.7. The van der Waals surface area contributed by atoms with E-state index in [-0.39, 0.29) is 112 Å². The fourth-order valence-electron chi connectivity index (χ4n) is 9.37. The summed E-state index contributed by atoms with van der Waals surface area (Å²) in [7, 11) is 6.68. The summed E-state index contributed by atoms with van der Waals surface area (Å²) in [4.78, 5) is 161. The van der Waals surface area contributed by atoms with Crippen molar-refractivity contribution in [1.29, 1.82) is 0 Å². The Kier molecular flexibility index (Phi) is 34.3. The molecule has 6 rings (SSSR count). The summed E-state index contributed by atoms with van der Waals surface area (Å²) < 4.78 is 22.5. The summed E-state index contributed by atoms with van der Waals surface area (Å²) in [5.74, 6) is 0.407. The SMILES string of the molecule is CC(=O)C(C)(C)N(C)C(=O)C1CCCCN1.CC(=O)C(C)(C)N(C)C(=O)C1CCCN1.CC(=O)C(C)(C)N(C)C(=O)C1CCNC(=O)N1.CC(=O)C(C)(C)N(C)C(=O)C1CNCCN1.CC(=O)C(C)(C)N(C)C(=O)C1CS(=O)(=O)CN1.CC(=O)C(C)(C)N(C)C(=O)C1CSCN1. The van der Waals surface area contributed by atoms with Crippen molar-refractivity contribution in [2.45, 2.75) is 233 Å². The van der Waals surface area contributed by atoms with E-state index in [4.69, 9.17) is 0 Å². The summed E-state index contributed by atoms with van der Waals surface area (Å²) in [6.07, 6.45) is 5.52. The molecule has 6 fully saturated rings. The second kappa shape index (κ2) is 37.4. The predicted molar refractivity (Wildman–Crippen MR) is 371 cm³/mol. The Morgan fingerprint density at radius 1 is 0.385 bits per heavy atom. The molecule has 0 spiro atoms. The van der Waals surface area contributed by atoms with Crippen LogP contribution in [0.5, 0.6) is 0 Å². The highest BCUT2D eigenvalue weighted by atomic mass is 32.2. The van der Waals surface area contributed by atoms with Gasteiger partial charge in [0.25, 0.3) is 0 Å². The van der Waals surface area contributed by atoms with Gasteiger partial charge in [-0.1, -0.05) is 6.42 Å². The van der Waals surface area contributed by atoms with E-state index in [1.165, 1.54) is 63.3 Å². The van der Waals surface area contributed by atoms with Gasteiger partial charge in [0.2, 0.25) is 35.4 Å². The zero-order valence-corrected chi connectivity index (χ0v) is 63.5. The standard InChI is InChI=1S/C12H22N2O2.C11H19N3O3.C11H21N3O2.C11H20N2O2.C10H18N2O4S.C10H18N2O2S/c1-9(15)12(2,3)14(4)11(16)10-7-5-6-8-13-10;1-7(15)11(2,3)14(4)9(16)8-5-6-12-10(17)13-8;1-8(15)11(2,3)14(4)10(16)9-7-12-5-6-13-9;1-8(14)11(2,3)13(4)10(15)9-6-5-7-12-9;1-7(13)10(2,3)12(4)9(14)8-5-17(15,16)6-11-8;1-7(13)10(2,3)12(4)9(14)8-5-15-6-11-8/h10,13H,5-8H2,1-4H3;8H,5-6H2,1-4H3,(H2,12,13,17);9,12-13H,5-7H2,1-4H3;9,12H,5-7H2,1-4H3;8,11H,5-6H2,1-4H3;8,11H,5-6H2,1-4H3. The van der Waals surface area contributed by atoms with Gasteiger partial charge in [0.15, 0.2) is 44.5 Å². The van der Waals surface area contributed by atoms with Crippen LogP contribution in [0.1, 0.15) is 163 Å². The zero-order valence-electron chi connectivity index (χ0n) is 61.9. The predicted octanol–water partition coefficient (Wildman–Crippen LogP) is 0.408. The largest absolute Gasteiger partial charge is 0.338 e. The number of piperidine rings is 1. The summed E-state index contributed by atoms with van der Waals surface area (Å²) in [5, 5.41) is 23.5. The third kappa shape index (κ3) is 24.6. The molecule has 6 aliphatic rings. The van der Waals surface area contributed by atoms with E-state index in [2.05, 4.69) is 42.5 Å². The Morgan fingerprint density at radius 2 is 0.719 bits per heavy atom. The van der Waals surface area contributed by atoms with Gasteiger partial charge in [0.1, 0.15) is 12.1 Å². The van der Waals surface area contributed by atoms with Gasteiger partial charge in [-0.2, -0.15) is 0 Å². The van der Waals surface area contributed by atoms with Gasteiger partial charge in [-0.25, -0.2) is 13.2 Å². The minimum atomic E-state index is -3.18. The highest BCUT2D eigenvalue weighted by Crippen LogP contribution is 2.23. The number of carbonyl (C=O) groups excluding carboxylic acids is 13.